The first kappa shape index (κ1) is 20.9. The first-order valence-electron chi connectivity index (χ1n) is 8.46. The van der Waals surface area contributed by atoms with Crippen LogP contribution in [0.25, 0.3) is 5.69 Å². The maximum Gasteiger partial charge on any atom is 0.425 e. The van der Waals surface area contributed by atoms with Crippen LogP contribution in [0.3, 0.4) is 0 Å². The number of hydrogen-bond acceptors (Lipinski definition) is 5. The summed E-state index contributed by atoms with van der Waals surface area (Å²) in [5.74, 6) is -3.64. The largest absolute Gasteiger partial charge is 0.425 e. The Labute approximate surface area is 179 Å². The highest BCUT2D eigenvalue weighted by molar-refractivity contribution is 7.12. The Morgan fingerprint density at radius 1 is 1.13 bits per heavy atom. The molecule has 31 heavy (non-hydrogen) atoms. The molecule has 160 valence electrons. The molecule has 0 unspecified atom stereocenters. The number of anilines is 1. The third-order valence-corrected chi connectivity index (χ3v) is 5.74. The maximum absolute atomic E-state index is 14.3. The lowest BCUT2D eigenvalue weighted by Gasteiger charge is -2.29. The van der Waals surface area contributed by atoms with Crippen LogP contribution < -0.4 is 21.9 Å². The number of rotatable bonds is 3. The normalized spacial score (nSPS) is 17.9. The highest BCUT2D eigenvalue weighted by atomic mass is 35.5. The minimum absolute atomic E-state index is 0.0322. The van der Waals surface area contributed by atoms with Crippen LogP contribution in [0.1, 0.15) is 15.2 Å². The molecule has 0 saturated carbocycles. The number of halogens is 4. The fraction of sp³-hybridized carbons (Fsp3) is 0.111. The molecular formula is C18H10ClF3N4O4S. The number of aromatic nitrogens is 2. The summed E-state index contributed by atoms with van der Waals surface area (Å²) in [4.78, 5) is 51.8. The standard InChI is InChI=1S/C18H10ClF3N4O4S/c19-8-3-5-9(6-4-8)26-12-11(14(28)24-16(26)30)17(15(29)23-12,18(20,21)22)25-13(27)10-2-1-7-31-10/h1-7H,(H,23,29)(H,25,27)(H,24,28,30)/t17-/m1/s1. The Hall–Kier alpha value is -3.38. The molecule has 4 rings (SSSR count). The molecule has 0 fully saturated rings. The van der Waals surface area contributed by atoms with Crippen LogP contribution in [0.4, 0.5) is 19.0 Å². The van der Waals surface area contributed by atoms with Crippen molar-refractivity contribution in [1.82, 2.24) is 14.9 Å². The van der Waals surface area contributed by atoms with Crippen molar-refractivity contribution in [1.29, 1.82) is 0 Å². The van der Waals surface area contributed by atoms with Gasteiger partial charge in [0, 0.05) is 5.02 Å². The monoisotopic (exact) mass is 470 g/mol. The zero-order chi connectivity index (χ0) is 22.6. The molecule has 13 heteroatoms. The van der Waals surface area contributed by atoms with E-state index in [9.17, 15) is 32.3 Å². The van der Waals surface area contributed by atoms with Gasteiger partial charge in [-0.15, -0.1) is 11.3 Å². The maximum atomic E-state index is 14.3. The summed E-state index contributed by atoms with van der Waals surface area (Å²) in [5, 5.41) is 5.36. The molecule has 0 saturated heterocycles. The highest BCUT2D eigenvalue weighted by Gasteiger charge is 2.68. The van der Waals surface area contributed by atoms with Crippen LogP contribution in [0.15, 0.2) is 51.4 Å². The summed E-state index contributed by atoms with van der Waals surface area (Å²) in [6, 6.07) is 8.06. The van der Waals surface area contributed by atoms with Crippen molar-refractivity contribution in [2.45, 2.75) is 11.7 Å². The van der Waals surface area contributed by atoms with E-state index in [1.54, 1.807) is 10.3 Å². The molecule has 0 spiro atoms. The van der Waals surface area contributed by atoms with E-state index in [0.29, 0.717) is 4.57 Å². The van der Waals surface area contributed by atoms with E-state index in [-0.39, 0.29) is 15.6 Å². The van der Waals surface area contributed by atoms with Gasteiger partial charge in [0.1, 0.15) is 11.4 Å². The summed E-state index contributed by atoms with van der Waals surface area (Å²) in [6.07, 6.45) is -5.41. The molecule has 2 aromatic heterocycles. The van der Waals surface area contributed by atoms with Gasteiger partial charge in [0.2, 0.25) is 0 Å². The smallest absolute Gasteiger partial charge is 0.326 e. The number of carbonyl (C=O) groups is 2. The van der Waals surface area contributed by atoms with Gasteiger partial charge in [-0.1, -0.05) is 17.7 Å². The van der Waals surface area contributed by atoms with Gasteiger partial charge in [0.25, 0.3) is 22.9 Å². The number of aromatic amines is 1. The Kier molecular flexibility index (Phi) is 4.78. The second-order valence-electron chi connectivity index (χ2n) is 6.43. The summed E-state index contributed by atoms with van der Waals surface area (Å²) < 4.78 is 43.5. The minimum atomic E-state index is -5.41. The van der Waals surface area contributed by atoms with Crippen LogP contribution in [-0.4, -0.2) is 27.5 Å². The fourth-order valence-electron chi connectivity index (χ4n) is 3.25. The Balaban J connectivity index is 2.00. The molecule has 0 aliphatic carbocycles. The second kappa shape index (κ2) is 7.10. The van der Waals surface area contributed by atoms with E-state index in [4.69, 9.17) is 11.6 Å². The quantitative estimate of drug-likeness (QED) is 0.545. The lowest BCUT2D eigenvalue weighted by atomic mass is 9.92. The van der Waals surface area contributed by atoms with Crippen LogP contribution in [0.2, 0.25) is 5.02 Å². The topological polar surface area (TPSA) is 113 Å². The van der Waals surface area contributed by atoms with E-state index in [1.807, 2.05) is 5.32 Å². The summed E-state index contributed by atoms with van der Waals surface area (Å²) in [7, 11) is 0. The predicted octanol–water partition coefficient (Wildman–Crippen LogP) is 2.38. The van der Waals surface area contributed by atoms with Gasteiger partial charge in [0.05, 0.1) is 10.6 Å². The molecule has 3 aromatic rings. The third kappa shape index (κ3) is 3.15. The van der Waals surface area contributed by atoms with E-state index in [0.717, 1.165) is 11.3 Å². The molecule has 1 aliphatic heterocycles. The third-order valence-electron chi connectivity index (χ3n) is 4.61. The van der Waals surface area contributed by atoms with Crippen molar-refractivity contribution in [3.8, 4) is 5.69 Å². The molecule has 1 aromatic carbocycles. The first-order valence-corrected chi connectivity index (χ1v) is 9.72. The van der Waals surface area contributed by atoms with Crippen molar-refractivity contribution < 1.29 is 22.8 Å². The number of H-pyrrole nitrogens is 1. The number of amides is 2. The van der Waals surface area contributed by atoms with Crippen LogP contribution in [0.5, 0.6) is 0 Å². The Morgan fingerprint density at radius 2 is 1.81 bits per heavy atom. The zero-order valence-electron chi connectivity index (χ0n) is 15.0. The van der Waals surface area contributed by atoms with Crippen molar-refractivity contribution in [2.75, 3.05) is 5.32 Å². The summed E-state index contributed by atoms with van der Waals surface area (Å²) >= 11 is 6.66. The molecule has 2 amide bonds. The Bertz CT molecular complexity index is 1320. The van der Waals surface area contributed by atoms with Gasteiger partial charge < -0.3 is 10.6 Å². The number of hydrogen-bond donors (Lipinski definition) is 3. The van der Waals surface area contributed by atoms with Gasteiger partial charge in [-0.25, -0.2) is 9.36 Å². The number of fused-ring (bicyclic) bond motifs is 1. The van der Waals surface area contributed by atoms with E-state index in [2.05, 4.69) is 0 Å². The van der Waals surface area contributed by atoms with Gasteiger partial charge in [0.15, 0.2) is 0 Å². The molecule has 0 radical (unpaired) electrons. The predicted molar refractivity (Wildman–Crippen MR) is 106 cm³/mol. The summed E-state index contributed by atoms with van der Waals surface area (Å²) in [5.41, 5.74) is -7.38. The van der Waals surface area contributed by atoms with Gasteiger partial charge in [-0.05, 0) is 35.7 Å². The van der Waals surface area contributed by atoms with Gasteiger partial charge in [-0.3, -0.25) is 19.4 Å². The highest BCUT2D eigenvalue weighted by Crippen LogP contribution is 2.45. The average molecular weight is 471 g/mol. The van der Waals surface area contributed by atoms with Crippen LogP contribution >= 0.6 is 22.9 Å². The van der Waals surface area contributed by atoms with E-state index < -0.39 is 46.2 Å². The number of benzene rings is 1. The number of nitrogens with zero attached hydrogens (tertiary/aromatic N) is 1. The Morgan fingerprint density at radius 3 is 2.39 bits per heavy atom. The van der Waals surface area contributed by atoms with Crippen LogP contribution in [0, 0.1) is 0 Å². The first-order chi connectivity index (χ1) is 14.6. The van der Waals surface area contributed by atoms with E-state index in [1.165, 1.54) is 41.8 Å². The summed E-state index contributed by atoms with van der Waals surface area (Å²) in [6.45, 7) is 0. The van der Waals surface area contributed by atoms with Crippen LogP contribution in [-0.2, 0) is 10.3 Å². The number of thiophene rings is 1. The van der Waals surface area contributed by atoms with Gasteiger partial charge >= 0.3 is 11.9 Å². The molecule has 3 N–H and O–H groups in total. The molecule has 3 heterocycles. The SMILES string of the molecule is O=C(N[C@@]1(C(F)(F)F)C(=O)Nc2c1c(=O)[nH]c(=O)n2-c1ccc(Cl)cc1)c1cccs1. The minimum Gasteiger partial charge on any atom is -0.326 e. The fourth-order valence-corrected chi connectivity index (χ4v) is 4.00. The molecular weight excluding hydrogens is 461 g/mol. The molecule has 8 nitrogen and oxygen atoms in total. The average Bonchev–Trinajstić information content (AvgIpc) is 3.30. The number of nitrogens with one attached hydrogen (secondary N) is 3. The lowest BCUT2D eigenvalue weighted by Crippen LogP contribution is -2.62. The van der Waals surface area contributed by atoms with E-state index >= 15 is 0 Å². The second-order valence-corrected chi connectivity index (χ2v) is 7.81. The molecule has 1 atom stereocenters. The van der Waals surface area contributed by atoms with Crippen molar-refractivity contribution in [3.05, 3.63) is 78.1 Å². The van der Waals surface area contributed by atoms with Crippen molar-refractivity contribution in [3.63, 3.8) is 0 Å². The lowest BCUT2D eigenvalue weighted by molar-refractivity contribution is -0.196. The molecule has 0 bridgehead atoms. The number of alkyl halides is 3. The number of carbonyl (C=O) groups excluding carboxylic acids is 2. The molecule has 1 aliphatic rings. The zero-order valence-corrected chi connectivity index (χ0v) is 16.6. The van der Waals surface area contributed by atoms with Gasteiger partial charge in [-0.2, -0.15) is 13.2 Å². The van der Waals surface area contributed by atoms with Crippen molar-refractivity contribution in [2.24, 2.45) is 0 Å². The van der Waals surface area contributed by atoms with Crippen molar-refractivity contribution >= 4 is 40.6 Å².